The minimum atomic E-state index is -0.780. The van der Waals surface area contributed by atoms with Crippen molar-refractivity contribution in [2.75, 3.05) is 0 Å². The summed E-state index contributed by atoms with van der Waals surface area (Å²) in [5, 5.41) is 2.88. The maximum atomic E-state index is 11.7. The smallest absolute Gasteiger partial charge is 0.247 e. The Morgan fingerprint density at radius 3 is 2.58 bits per heavy atom. The molecule has 19 heavy (non-hydrogen) atoms. The second-order valence-corrected chi connectivity index (χ2v) is 4.43. The average Bonchev–Trinajstić information content (AvgIpc) is 2.79. The van der Waals surface area contributed by atoms with E-state index >= 15 is 0 Å². The fourth-order valence-corrected chi connectivity index (χ4v) is 2.44. The maximum Gasteiger partial charge on any atom is 0.247 e. The minimum Gasteiger partial charge on any atom is -0.469 e. The summed E-state index contributed by atoms with van der Waals surface area (Å²) in [6.45, 7) is 5.47. The van der Waals surface area contributed by atoms with Gasteiger partial charge in [0.2, 0.25) is 11.8 Å². The second-order valence-electron chi connectivity index (χ2n) is 4.43. The second kappa shape index (κ2) is 4.64. The normalized spacial score (nSPS) is 23.1. The first-order valence-corrected chi connectivity index (χ1v) is 5.72. The number of allylic oxidation sites excluding steroid dienone is 1. The average molecular weight is 261 g/mol. The van der Waals surface area contributed by atoms with Crippen molar-refractivity contribution in [1.29, 1.82) is 0 Å². The third-order valence-electron chi connectivity index (χ3n) is 3.19. The molecule has 2 heterocycles. The first kappa shape index (κ1) is 12.9. The summed E-state index contributed by atoms with van der Waals surface area (Å²) in [6, 6.07) is 3.35. The largest absolute Gasteiger partial charge is 0.469 e. The molecule has 6 nitrogen and oxygen atoms in total. The molecular weight excluding hydrogens is 246 g/mol. The molecule has 0 bridgehead atoms. The monoisotopic (exact) mass is 261 g/mol. The van der Waals surface area contributed by atoms with Gasteiger partial charge in [0.05, 0.1) is 18.1 Å². The summed E-state index contributed by atoms with van der Waals surface area (Å²) in [6.07, 6.45) is 1.46. The van der Waals surface area contributed by atoms with Crippen LogP contribution in [0.25, 0.3) is 0 Å². The van der Waals surface area contributed by atoms with Gasteiger partial charge in [-0.1, -0.05) is 6.58 Å². The minimum absolute atomic E-state index is 0.283. The quantitative estimate of drug-likeness (QED) is 0.728. The zero-order valence-electron chi connectivity index (χ0n) is 10.5. The van der Waals surface area contributed by atoms with Gasteiger partial charge in [-0.15, -0.1) is 0 Å². The molecule has 0 radical (unpaired) electrons. The van der Waals surface area contributed by atoms with E-state index in [-0.39, 0.29) is 5.57 Å². The van der Waals surface area contributed by atoms with E-state index in [1.165, 1.54) is 6.26 Å². The number of carbonyl (C=O) groups is 2. The maximum absolute atomic E-state index is 11.7. The highest BCUT2D eigenvalue weighted by molar-refractivity contribution is 5.97. The lowest BCUT2D eigenvalue weighted by atomic mass is 9.78. The van der Waals surface area contributed by atoms with E-state index in [0.717, 1.165) is 0 Å². The molecule has 0 saturated carbocycles. The van der Waals surface area contributed by atoms with Gasteiger partial charge in [0.25, 0.3) is 0 Å². The molecule has 100 valence electrons. The molecule has 1 aromatic rings. The fourth-order valence-electron chi connectivity index (χ4n) is 2.44. The van der Waals surface area contributed by atoms with Crippen molar-refractivity contribution >= 4 is 11.8 Å². The molecular formula is C13H15N3O3. The summed E-state index contributed by atoms with van der Waals surface area (Å²) < 4.78 is 5.31. The predicted molar refractivity (Wildman–Crippen MR) is 68.3 cm³/mol. The Morgan fingerprint density at radius 1 is 1.42 bits per heavy atom. The van der Waals surface area contributed by atoms with E-state index in [2.05, 4.69) is 11.9 Å². The standard InChI is InChI=1S/C13H15N3O3/c1-6-9(12(14)17)11(8-4-3-5-19-8)10(13(15)18)7(2)16-6/h3-5,9,11,16H,1H2,2H3,(H2,14,17)(H2,15,18). The summed E-state index contributed by atoms with van der Waals surface area (Å²) in [7, 11) is 0. The molecule has 2 amide bonds. The lowest BCUT2D eigenvalue weighted by Crippen LogP contribution is -2.42. The Balaban J connectivity index is 2.62. The molecule has 5 N–H and O–H groups in total. The van der Waals surface area contributed by atoms with Crippen molar-refractivity contribution in [2.45, 2.75) is 12.8 Å². The van der Waals surface area contributed by atoms with Gasteiger partial charge >= 0.3 is 0 Å². The van der Waals surface area contributed by atoms with Crippen molar-refractivity contribution in [2.24, 2.45) is 17.4 Å². The Kier molecular flexibility index (Phi) is 3.16. The third kappa shape index (κ3) is 2.12. The van der Waals surface area contributed by atoms with Crippen LogP contribution < -0.4 is 16.8 Å². The van der Waals surface area contributed by atoms with E-state index in [9.17, 15) is 9.59 Å². The first-order valence-electron chi connectivity index (χ1n) is 5.72. The highest BCUT2D eigenvalue weighted by Gasteiger charge is 2.41. The number of amides is 2. The molecule has 1 aliphatic rings. The number of nitrogens with two attached hydrogens (primary N) is 2. The number of hydrogen-bond donors (Lipinski definition) is 3. The topological polar surface area (TPSA) is 111 Å². The zero-order valence-corrected chi connectivity index (χ0v) is 10.5. The molecule has 0 spiro atoms. The van der Waals surface area contributed by atoms with Crippen LogP contribution in [0.1, 0.15) is 18.6 Å². The van der Waals surface area contributed by atoms with Crippen LogP contribution in [0, 0.1) is 5.92 Å². The lowest BCUT2D eigenvalue weighted by Gasteiger charge is -2.33. The number of carbonyl (C=O) groups excluding carboxylic acids is 2. The molecule has 1 aliphatic heterocycles. The molecule has 2 atom stereocenters. The van der Waals surface area contributed by atoms with Crippen LogP contribution in [-0.2, 0) is 9.59 Å². The SMILES string of the molecule is C=C1NC(C)=C(C(N)=O)C(c2ccco2)C1C(N)=O. The highest BCUT2D eigenvalue weighted by Crippen LogP contribution is 2.39. The van der Waals surface area contributed by atoms with Crippen LogP contribution >= 0.6 is 0 Å². The first-order chi connectivity index (χ1) is 8.93. The van der Waals surface area contributed by atoms with Crippen LogP contribution in [0.5, 0.6) is 0 Å². The van der Waals surface area contributed by atoms with E-state index in [4.69, 9.17) is 15.9 Å². The Hall–Kier alpha value is -2.50. The van der Waals surface area contributed by atoms with Gasteiger partial charge in [0.15, 0.2) is 0 Å². The van der Waals surface area contributed by atoms with Crippen molar-refractivity contribution < 1.29 is 14.0 Å². The van der Waals surface area contributed by atoms with Crippen molar-refractivity contribution in [3.05, 3.63) is 47.7 Å². The van der Waals surface area contributed by atoms with E-state index in [0.29, 0.717) is 17.2 Å². The molecule has 2 unspecified atom stereocenters. The highest BCUT2D eigenvalue weighted by atomic mass is 16.3. The van der Waals surface area contributed by atoms with Crippen molar-refractivity contribution in [3.63, 3.8) is 0 Å². The molecule has 1 aromatic heterocycles. The summed E-state index contributed by atoms with van der Waals surface area (Å²) in [5.41, 5.74) is 12.1. The van der Waals surface area contributed by atoms with Gasteiger partial charge in [-0.05, 0) is 19.1 Å². The molecule has 2 rings (SSSR count). The van der Waals surface area contributed by atoms with Gasteiger partial charge in [-0.3, -0.25) is 9.59 Å². The van der Waals surface area contributed by atoms with Crippen molar-refractivity contribution in [3.8, 4) is 0 Å². The van der Waals surface area contributed by atoms with E-state index in [1.807, 2.05) is 0 Å². The fraction of sp³-hybridized carbons (Fsp3) is 0.231. The molecule has 0 fully saturated rings. The van der Waals surface area contributed by atoms with Gasteiger partial charge in [0, 0.05) is 17.0 Å². The summed E-state index contributed by atoms with van der Waals surface area (Å²) >= 11 is 0. The van der Waals surface area contributed by atoms with Gasteiger partial charge in [0.1, 0.15) is 5.76 Å². The van der Waals surface area contributed by atoms with Crippen LogP contribution in [0.2, 0.25) is 0 Å². The van der Waals surface area contributed by atoms with E-state index < -0.39 is 23.7 Å². The molecule has 0 aliphatic carbocycles. The third-order valence-corrected chi connectivity index (χ3v) is 3.19. The lowest BCUT2D eigenvalue weighted by molar-refractivity contribution is -0.121. The van der Waals surface area contributed by atoms with Crippen LogP contribution in [0.15, 0.2) is 46.4 Å². The van der Waals surface area contributed by atoms with Crippen molar-refractivity contribution in [1.82, 2.24) is 5.32 Å². The molecule has 6 heteroatoms. The summed E-state index contributed by atoms with van der Waals surface area (Å²) in [5.74, 6) is -2.17. The van der Waals surface area contributed by atoms with Gasteiger partial charge in [-0.25, -0.2) is 0 Å². The summed E-state index contributed by atoms with van der Waals surface area (Å²) in [4.78, 5) is 23.3. The number of rotatable bonds is 3. The van der Waals surface area contributed by atoms with E-state index in [1.54, 1.807) is 19.1 Å². The Bertz CT molecular complexity index is 572. The van der Waals surface area contributed by atoms with Crippen LogP contribution in [-0.4, -0.2) is 11.8 Å². The molecule has 0 aromatic carbocycles. The number of furan rings is 1. The number of nitrogens with one attached hydrogen (secondary N) is 1. The number of primary amides is 2. The zero-order chi connectivity index (χ0) is 14.2. The van der Waals surface area contributed by atoms with Gasteiger partial charge < -0.3 is 21.2 Å². The molecule has 0 saturated heterocycles. The van der Waals surface area contributed by atoms with Gasteiger partial charge in [-0.2, -0.15) is 0 Å². The Labute approximate surface area is 110 Å². The Morgan fingerprint density at radius 2 is 2.11 bits per heavy atom. The van der Waals surface area contributed by atoms with Crippen LogP contribution in [0.3, 0.4) is 0 Å². The number of hydrogen-bond acceptors (Lipinski definition) is 4. The predicted octanol–water partition coefficient (Wildman–Crippen LogP) is 0.341. The van der Waals surface area contributed by atoms with Crippen LogP contribution in [0.4, 0.5) is 0 Å².